The minimum atomic E-state index is -1.42. The molecular formula is C31H39NO4. The maximum absolute atomic E-state index is 14.4. The second kappa shape index (κ2) is 8.05. The van der Waals surface area contributed by atoms with Crippen LogP contribution in [0.2, 0.25) is 0 Å². The van der Waals surface area contributed by atoms with Crippen LogP contribution >= 0.6 is 0 Å². The number of rotatable bonds is 1. The fourth-order valence-electron chi connectivity index (χ4n) is 9.61. The second-order valence-electron chi connectivity index (χ2n) is 12.9. The topological polar surface area (TPSA) is 75.6 Å². The van der Waals surface area contributed by atoms with Crippen LogP contribution in [0.4, 0.5) is 0 Å². The van der Waals surface area contributed by atoms with Crippen molar-refractivity contribution in [1.29, 1.82) is 0 Å². The molecule has 3 aliphatic carbocycles. The zero-order valence-electron chi connectivity index (χ0n) is 21.9. The Morgan fingerprint density at radius 2 is 1.89 bits per heavy atom. The third-order valence-corrected chi connectivity index (χ3v) is 10.4. The lowest BCUT2D eigenvalue weighted by atomic mass is 9.55. The van der Waals surface area contributed by atoms with E-state index in [-0.39, 0.29) is 53.8 Å². The van der Waals surface area contributed by atoms with Gasteiger partial charge in [-0.25, -0.2) is 0 Å². The van der Waals surface area contributed by atoms with E-state index >= 15 is 0 Å². The van der Waals surface area contributed by atoms with E-state index < -0.39 is 17.6 Å². The average Bonchev–Trinajstić information content (AvgIpc) is 3.24. The maximum atomic E-state index is 14.4. The Bertz CT molecular complexity index is 1140. The van der Waals surface area contributed by atoms with E-state index in [1.807, 2.05) is 30.3 Å². The van der Waals surface area contributed by atoms with Crippen LogP contribution in [0.1, 0.15) is 52.5 Å². The molecule has 0 spiro atoms. The highest BCUT2D eigenvalue weighted by Crippen LogP contribution is 2.67. The van der Waals surface area contributed by atoms with Crippen molar-refractivity contribution in [2.24, 2.45) is 52.8 Å². The third-order valence-electron chi connectivity index (χ3n) is 10.4. The highest BCUT2D eigenvalue weighted by molar-refractivity contribution is 6.04. The lowest BCUT2D eigenvalue weighted by Crippen LogP contribution is -2.46. The summed E-state index contributed by atoms with van der Waals surface area (Å²) in [6.45, 7) is 13.5. The summed E-state index contributed by atoms with van der Waals surface area (Å²) in [4.78, 5) is 27.5. The Morgan fingerprint density at radius 1 is 1.17 bits per heavy atom. The number of carbonyl (C=O) groups excluding carboxylic acids is 2. The van der Waals surface area contributed by atoms with E-state index in [0.717, 1.165) is 24.2 Å². The first-order valence-electron chi connectivity index (χ1n) is 13.7. The molecule has 4 bridgehead atoms. The van der Waals surface area contributed by atoms with Crippen LogP contribution in [0.15, 0.2) is 48.6 Å². The Balaban J connectivity index is 1.56. The summed E-state index contributed by atoms with van der Waals surface area (Å²) in [5.74, 6) is 0.520. The third kappa shape index (κ3) is 3.38. The maximum Gasteiger partial charge on any atom is 0.232 e. The zero-order chi connectivity index (χ0) is 25.6. The Hall–Kier alpha value is -2.40. The number of allylic oxidation sites excluding steroid dienone is 3. The number of hydrogen-bond donors (Lipinski definition) is 2. The van der Waals surface area contributed by atoms with Crippen molar-refractivity contribution < 1.29 is 19.4 Å². The number of ketones is 1. The largest absolute Gasteiger partial charge is 0.490 e. The number of fused-ring (bicyclic) bond motifs is 4. The Morgan fingerprint density at radius 3 is 2.58 bits per heavy atom. The first-order chi connectivity index (χ1) is 17.0. The van der Waals surface area contributed by atoms with Gasteiger partial charge < -0.3 is 15.2 Å². The first-order valence-corrected chi connectivity index (χ1v) is 13.7. The van der Waals surface area contributed by atoms with Crippen LogP contribution in [0.5, 0.6) is 5.75 Å². The van der Waals surface area contributed by atoms with Gasteiger partial charge in [-0.2, -0.15) is 0 Å². The molecule has 1 aromatic rings. The predicted molar refractivity (Wildman–Crippen MR) is 138 cm³/mol. The van der Waals surface area contributed by atoms with Crippen LogP contribution in [0.3, 0.4) is 0 Å². The molecule has 1 amide bonds. The van der Waals surface area contributed by atoms with Gasteiger partial charge in [0.15, 0.2) is 0 Å². The molecule has 0 aromatic heterocycles. The highest BCUT2D eigenvalue weighted by Gasteiger charge is 2.67. The molecule has 0 unspecified atom stereocenters. The summed E-state index contributed by atoms with van der Waals surface area (Å²) in [6.07, 6.45) is 6.62. The molecule has 5 heteroatoms. The van der Waals surface area contributed by atoms with Gasteiger partial charge in [-0.05, 0) is 60.6 Å². The van der Waals surface area contributed by atoms with Crippen LogP contribution in [-0.4, -0.2) is 28.6 Å². The van der Waals surface area contributed by atoms with Gasteiger partial charge in [0.2, 0.25) is 5.91 Å². The van der Waals surface area contributed by atoms with Gasteiger partial charge in [-0.1, -0.05) is 50.6 Å². The summed E-state index contributed by atoms with van der Waals surface area (Å²) in [7, 11) is 0. The molecule has 2 N–H and O–H groups in total. The number of Topliss-reactive ketones (excluding diaryl/α,β-unsaturated/α-hetero) is 1. The van der Waals surface area contributed by atoms with Crippen molar-refractivity contribution in [2.75, 3.05) is 0 Å². The van der Waals surface area contributed by atoms with Crippen molar-refractivity contribution in [3.05, 3.63) is 54.1 Å². The fourth-order valence-corrected chi connectivity index (χ4v) is 9.61. The molecule has 11 atom stereocenters. The molecule has 1 saturated heterocycles. The monoisotopic (exact) mass is 489 g/mol. The normalized spacial score (nSPS) is 47.4. The Labute approximate surface area is 214 Å². The minimum absolute atomic E-state index is 0.00729. The van der Waals surface area contributed by atoms with Crippen molar-refractivity contribution in [3.63, 3.8) is 0 Å². The van der Waals surface area contributed by atoms with Gasteiger partial charge in [0.1, 0.15) is 29.3 Å². The number of hydrogen-bond acceptors (Lipinski definition) is 4. The quantitative estimate of drug-likeness (QED) is 0.443. The first kappa shape index (κ1) is 24.0. The van der Waals surface area contributed by atoms with Crippen molar-refractivity contribution in [3.8, 4) is 5.75 Å². The number of benzene rings is 1. The average molecular weight is 490 g/mol. The van der Waals surface area contributed by atoms with Crippen LogP contribution < -0.4 is 10.1 Å². The number of aliphatic hydroxyl groups is 1. The molecule has 3 heterocycles. The highest BCUT2D eigenvalue weighted by atomic mass is 16.5. The molecule has 3 aliphatic heterocycles. The minimum Gasteiger partial charge on any atom is -0.490 e. The van der Waals surface area contributed by atoms with Crippen LogP contribution in [0.25, 0.3) is 0 Å². The standard InChI is InChI=1S/C31H39NO4/c1-6-20-12-18(4)25-24-23(20)27(33)22-15-31(35,32-29(22)34)14-19-7-9-21(10-8-19)36-28(24)26-17(3)11-16(2)13-30(25,26)5/h6-10,12,16-17,20,22-26,28,35H,1,11,13-15H2,2-5H3,(H,32,34)/t16-,17+,20-,22+,23+,24-,25+,26+,28+,30+,31-/m1/s1. The van der Waals surface area contributed by atoms with Gasteiger partial charge in [-0.3, -0.25) is 9.59 Å². The van der Waals surface area contributed by atoms with Gasteiger partial charge in [0.25, 0.3) is 0 Å². The molecule has 192 valence electrons. The summed E-state index contributed by atoms with van der Waals surface area (Å²) >= 11 is 0. The number of amides is 1. The van der Waals surface area contributed by atoms with Crippen molar-refractivity contribution >= 4 is 11.7 Å². The van der Waals surface area contributed by atoms with E-state index in [1.165, 1.54) is 5.57 Å². The lowest BCUT2D eigenvalue weighted by molar-refractivity contribution is -0.137. The number of nitrogens with one attached hydrogen (secondary N) is 1. The molecule has 5 nitrogen and oxygen atoms in total. The molecule has 1 aromatic carbocycles. The molecule has 6 aliphatic rings. The molecular weight excluding hydrogens is 450 g/mol. The molecule has 3 fully saturated rings. The summed E-state index contributed by atoms with van der Waals surface area (Å²) in [5.41, 5.74) is 0.815. The molecule has 36 heavy (non-hydrogen) atoms. The van der Waals surface area contributed by atoms with Crippen LogP contribution in [0, 0.1) is 52.8 Å². The van der Waals surface area contributed by atoms with E-state index in [1.54, 1.807) is 0 Å². The second-order valence-corrected chi connectivity index (χ2v) is 12.9. The van der Waals surface area contributed by atoms with Gasteiger partial charge >= 0.3 is 0 Å². The summed E-state index contributed by atoms with van der Waals surface area (Å²) in [5, 5.41) is 14.1. The number of carbonyl (C=O) groups is 2. The SMILES string of the molecule is C=C[C@@H]1C=C(C)[C@H]2[C@@H]3[C@H](Oc4ccc(cc4)C[C@@]4(O)C[C@H](C(=O)N4)C(=O)[C@@H]13)[C@@H]1[C@@H](C)C[C@@H](C)C[C@]12C. The molecule has 2 saturated carbocycles. The van der Waals surface area contributed by atoms with Gasteiger partial charge in [-0.15, -0.1) is 6.58 Å². The lowest BCUT2D eigenvalue weighted by Gasteiger charge is -2.48. The van der Waals surface area contributed by atoms with Crippen LogP contribution in [-0.2, 0) is 16.0 Å². The van der Waals surface area contributed by atoms with Crippen molar-refractivity contribution in [2.45, 2.75) is 65.2 Å². The molecule has 7 rings (SSSR count). The predicted octanol–water partition coefficient (Wildman–Crippen LogP) is 4.70. The van der Waals surface area contributed by atoms with E-state index in [4.69, 9.17) is 4.74 Å². The van der Waals surface area contributed by atoms with Crippen molar-refractivity contribution in [1.82, 2.24) is 5.32 Å². The van der Waals surface area contributed by atoms with Gasteiger partial charge in [0, 0.05) is 36.5 Å². The smallest absolute Gasteiger partial charge is 0.232 e. The zero-order valence-corrected chi connectivity index (χ0v) is 21.9. The molecule has 0 radical (unpaired) electrons. The van der Waals surface area contributed by atoms with Gasteiger partial charge in [0.05, 0.1) is 0 Å². The van der Waals surface area contributed by atoms with E-state index in [0.29, 0.717) is 17.8 Å². The summed E-state index contributed by atoms with van der Waals surface area (Å²) in [6, 6.07) is 7.92. The van der Waals surface area contributed by atoms with E-state index in [2.05, 4.69) is 45.7 Å². The number of ether oxygens (including phenoxy) is 1. The summed E-state index contributed by atoms with van der Waals surface area (Å²) < 4.78 is 6.93. The Kier molecular flexibility index (Phi) is 5.36. The van der Waals surface area contributed by atoms with E-state index in [9.17, 15) is 14.7 Å². The fraction of sp³-hybridized carbons (Fsp3) is 0.613.